The molecular formula is C24H23N3O4. The first-order valence-corrected chi connectivity index (χ1v) is 10.4. The van der Waals surface area contributed by atoms with E-state index in [1.807, 2.05) is 24.3 Å². The third kappa shape index (κ3) is 2.88. The maximum absolute atomic E-state index is 13.4. The Bertz CT molecular complexity index is 1240. The first-order valence-electron chi connectivity index (χ1n) is 10.4. The van der Waals surface area contributed by atoms with Crippen LogP contribution in [0.25, 0.3) is 10.9 Å². The van der Waals surface area contributed by atoms with E-state index in [1.165, 1.54) is 11.0 Å². The quantitative estimate of drug-likeness (QED) is 0.641. The molecule has 7 nitrogen and oxygen atoms in total. The topological polar surface area (TPSA) is 93.7 Å². The molecule has 3 heterocycles. The number of fused-ring (bicyclic) bond motifs is 4. The maximum Gasteiger partial charge on any atom is 0.261 e. The van der Waals surface area contributed by atoms with Crippen molar-refractivity contribution in [2.45, 2.75) is 38.9 Å². The van der Waals surface area contributed by atoms with Crippen molar-refractivity contribution in [3.8, 4) is 0 Å². The van der Waals surface area contributed by atoms with Crippen LogP contribution in [0, 0.1) is 0 Å². The molecule has 5 rings (SSSR count). The summed E-state index contributed by atoms with van der Waals surface area (Å²) in [5, 5.41) is 11.1. The lowest BCUT2D eigenvalue weighted by molar-refractivity contribution is 0.0541. The number of nitrogens with one attached hydrogen (secondary N) is 1. The van der Waals surface area contributed by atoms with E-state index < -0.39 is 0 Å². The summed E-state index contributed by atoms with van der Waals surface area (Å²) in [6.07, 6.45) is 0.547. The van der Waals surface area contributed by atoms with Crippen LogP contribution in [0.15, 0.2) is 42.5 Å². The van der Waals surface area contributed by atoms with Crippen LogP contribution in [-0.4, -0.2) is 56.3 Å². The Labute approximate surface area is 179 Å². The fraction of sp³-hybridized carbons (Fsp3) is 0.292. The third-order valence-electron chi connectivity index (χ3n) is 6.26. The summed E-state index contributed by atoms with van der Waals surface area (Å²) in [4.78, 5) is 44.9. The number of aromatic amines is 1. The van der Waals surface area contributed by atoms with Crippen molar-refractivity contribution in [3.05, 3.63) is 70.4 Å². The highest BCUT2D eigenvalue weighted by Crippen LogP contribution is 2.32. The number of aromatic nitrogens is 1. The van der Waals surface area contributed by atoms with Gasteiger partial charge in [0.15, 0.2) is 0 Å². The zero-order valence-electron chi connectivity index (χ0n) is 17.4. The molecule has 1 atom stereocenters. The molecule has 158 valence electrons. The Hall–Kier alpha value is -3.45. The van der Waals surface area contributed by atoms with Gasteiger partial charge in [-0.2, -0.15) is 0 Å². The van der Waals surface area contributed by atoms with Gasteiger partial charge in [-0.25, -0.2) is 0 Å². The van der Waals surface area contributed by atoms with E-state index in [9.17, 15) is 19.5 Å². The fourth-order valence-corrected chi connectivity index (χ4v) is 4.70. The SMILES string of the molecule is CC(C)N1C(=O)c2ccc(C(=O)N3Cc4[nH]c5ccccc5c4CC3CO)cc2C1=O. The summed E-state index contributed by atoms with van der Waals surface area (Å²) in [6, 6.07) is 12.0. The molecule has 0 bridgehead atoms. The molecule has 31 heavy (non-hydrogen) atoms. The number of benzene rings is 2. The van der Waals surface area contributed by atoms with Gasteiger partial charge in [-0.15, -0.1) is 0 Å². The van der Waals surface area contributed by atoms with Gasteiger partial charge in [0, 0.05) is 28.2 Å². The van der Waals surface area contributed by atoms with Crippen LogP contribution in [0.1, 0.15) is 56.2 Å². The zero-order valence-corrected chi connectivity index (χ0v) is 17.4. The average Bonchev–Trinajstić information content (AvgIpc) is 3.26. The lowest BCUT2D eigenvalue weighted by Crippen LogP contribution is -2.46. The number of rotatable bonds is 3. The molecule has 3 amide bonds. The molecule has 2 N–H and O–H groups in total. The lowest BCUT2D eigenvalue weighted by Gasteiger charge is -2.35. The minimum absolute atomic E-state index is 0.159. The molecule has 1 aromatic heterocycles. The fourth-order valence-electron chi connectivity index (χ4n) is 4.70. The van der Waals surface area contributed by atoms with Gasteiger partial charge < -0.3 is 15.0 Å². The van der Waals surface area contributed by atoms with Gasteiger partial charge >= 0.3 is 0 Å². The van der Waals surface area contributed by atoms with Crippen molar-refractivity contribution in [2.24, 2.45) is 0 Å². The highest BCUT2D eigenvalue weighted by molar-refractivity contribution is 6.22. The average molecular weight is 417 g/mol. The third-order valence-corrected chi connectivity index (χ3v) is 6.26. The van der Waals surface area contributed by atoms with Crippen LogP contribution in [0.2, 0.25) is 0 Å². The van der Waals surface area contributed by atoms with Gasteiger partial charge in [-0.1, -0.05) is 18.2 Å². The molecule has 2 aliphatic heterocycles. The van der Waals surface area contributed by atoms with Crippen molar-refractivity contribution < 1.29 is 19.5 Å². The van der Waals surface area contributed by atoms with Crippen molar-refractivity contribution in [1.82, 2.24) is 14.8 Å². The highest BCUT2D eigenvalue weighted by atomic mass is 16.3. The number of para-hydroxylation sites is 1. The first kappa shape index (κ1) is 19.5. The van der Waals surface area contributed by atoms with E-state index in [1.54, 1.807) is 30.9 Å². The summed E-state index contributed by atoms with van der Waals surface area (Å²) < 4.78 is 0. The molecule has 0 fully saturated rings. The number of H-pyrrole nitrogens is 1. The number of amides is 3. The summed E-state index contributed by atoms with van der Waals surface area (Å²) in [5.74, 6) is -0.975. The number of imide groups is 1. The number of carbonyl (C=O) groups is 3. The summed E-state index contributed by atoms with van der Waals surface area (Å²) >= 11 is 0. The number of hydrogen-bond acceptors (Lipinski definition) is 4. The van der Waals surface area contributed by atoms with E-state index in [4.69, 9.17) is 0 Å². The second-order valence-electron chi connectivity index (χ2n) is 8.44. The number of aliphatic hydroxyl groups excluding tert-OH is 1. The Morgan fingerprint density at radius 1 is 1.13 bits per heavy atom. The van der Waals surface area contributed by atoms with Gasteiger partial charge in [0.25, 0.3) is 17.7 Å². The molecule has 0 saturated heterocycles. The van der Waals surface area contributed by atoms with Crippen molar-refractivity contribution >= 4 is 28.6 Å². The molecule has 1 unspecified atom stereocenters. The normalized spacial score (nSPS) is 18.1. The lowest BCUT2D eigenvalue weighted by atomic mass is 9.95. The van der Waals surface area contributed by atoms with Crippen LogP contribution < -0.4 is 0 Å². The Balaban J connectivity index is 1.49. The Morgan fingerprint density at radius 3 is 2.61 bits per heavy atom. The monoisotopic (exact) mass is 417 g/mol. The zero-order chi connectivity index (χ0) is 21.9. The second kappa shape index (κ2) is 7.06. The van der Waals surface area contributed by atoms with E-state index in [0.717, 1.165) is 22.2 Å². The van der Waals surface area contributed by atoms with Crippen LogP contribution in [-0.2, 0) is 13.0 Å². The summed E-state index contributed by atoms with van der Waals surface area (Å²) in [6.45, 7) is 3.75. The molecule has 2 aliphatic rings. The van der Waals surface area contributed by atoms with Crippen LogP contribution >= 0.6 is 0 Å². The Kier molecular flexibility index (Phi) is 4.44. The predicted octanol–water partition coefficient (Wildman–Crippen LogP) is 2.73. The van der Waals surface area contributed by atoms with Crippen molar-refractivity contribution in [3.63, 3.8) is 0 Å². The smallest absolute Gasteiger partial charge is 0.261 e. The standard InChI is InChI=1S/C24H23N3O4/c1-13(2)27-23(30)17-8-7-14(9-19(17)24(27)31)22(29)26-11-21-18(10-15(26)12-28)16-5-3-4-6-20(16)25-21/h3-9,13,15,25,28H,10-12H2,1-2H3. The first-order chi connectivity index (χ1) is 14.9. The highest BCUT2D eigenvalue weighted by Gasteiger charge is 2.38. The minimum Gasteiger partial charge on any atom is -0.394 e. The summed E-state index contributed by atoms with van der Waals surface area (Å²) in [7, 11) is 0. The molecule has 3 aromatic rings. The summed E-state index contributed by atoms with van der Waals surface area (Å²) in [5.41, 5.74) is 4.01. The molecule has 0 saturated carbocycles. The maximum atomic E-state index is 13.4. The van der Waals surface area contributed by atoms with Gasteiger partial charge in [0.1, 0.15) is 0 Å². The number of nitrogens with zero attached hydrogens (tertiary/aromatic N) is 2. The van der Waals surface area contributed by atoms with Crippen LogP contribution in [0.5, 0.6) is 0 Å². The second-order valence-corrected chi connectivity index (χ2v) is 8.44. The molecular weight excluding hydrogens is 394 g/mol. The van der Waals surface area contributed by atoms with Crippen LogP contribution in [0.4, 0.5) is 0 Å². The number of aliphatic hydroxyl groups is 1. The van der Waals surface area contributed by atoms with E-state index in [0.29, 0.717) is 24.1 Å². The van der Waals surface area contributed by atoms with Crippen molar-refractivity contribution in [2.75, 3.05) is 6.61 Å². The number of carbonyl (C=O) groups excluding carboxylic acids is 3. The van der Waals surface area contributed by atoms with Crippen molar-refractivity contribution in [1.29, 1.82) is 0 Å². The number of hydrogen-bond donors (Lipinski definition) is 2. The van der Waals surface area contributed by atoms with Gasteiger partial charge in [0.2, 0.25) is 0 Å². The predicted molar refractivity (Wildman–Crippen MR) is 115 cm³/mol. The van der Waals surface area contributed by atoms with Gasteiger partial charge in [-0.3, -0.25) is 19.3 Å². The van der Waals surface area contributed by atoms with Crippen LogP contribution in [0.3, 0.4) is 0 Å². The van der Waals surface area contributed by atoms with E-state index >= 15 is 0 Å². The molecule has 2 aromatic carbocycles. The van der Waals surface area contributed by atoms with E-state index in [-0.39, 0.29) is 42.0 Å². The van der Waals surface area contributed by atoms with Gasteiger partial charge in [0.05, 0.1) is 30.3 Å². The molecule has 0 radical (unpaired) electrons. The molecule has 0 aliphatic carbocycles. The molecule has 0 spiro atoms. The minimum atomic E-state index is -0.375. The van der Waals surface area contributed by atoms with Gasteiger partial charge in [-0.05, 0) is 50.1 Å². The van der Waals surface area contributed by atoms with E-state index in [2.05, 4.69) is 4.98 Å². The molecule has 7 heteroatoms. The largest absolute Gasteiger partial charge is 0.394 e. The Morgan fingerprint density at radius 2 is 1.87 bits per heavy atom.